The van der Waals surface area contributed by atoms with Gasteiger partial charge in [-0.05, 0) is 13.0 Å². The fraction of sp³-hybridized carbons (Fsp3) is 0.615. The lowest BCUT2D eigenvalue weighted by atomic mass is 10.3. The lowest BCUT2D eigenvalue weighted by Gasteiger charge is -2.26. The minimum atomic E-state index is -0.505. The van der Waals surface area contributed by atoms with Crippen molar-refractivity contribution in [2.45, 2.75) is 6.42 Å². The van der Waals surface area contributed by atoms with Crippen molar-refractivity contribution < 1.29 is 14.5 Å². The maximum absolute atomic E-state index is 12.0. The summed E-state index contributed by atoms with van der Waals surface area (Å²) in [7, 11) is 1.62. The number of aryl methyl sites for hydroxylation is 1. The Kier molecular flexibility index (Phi) is 5.29. The molecule has 8 nitrogen and oxygen atoms in total. The van der Waals surface area contributed by atoms with E-state index in [1.807, 2.05) is 0 Å². The number of nitrogens with zero attached hydrogens (tertiary/aromatic N) is 3. The van der Waals surface area contributed by atoms with Crippen molar-refractivity contribution in [3.05, 3.63) is 28.1 Å². The highest BCUT2D eigenvalue weighted by Crippen LogP contribution is 2.14. The summed E-state index contributed by atoms with van der Waals surface area (Å²) in [5.74, 6) is -0.285. The Morgan fingerprint density at radius 2 is 2.19 bits per heavy atom. The number of ether oxygens (including phenoxy) is 1. The average molecular weight is 296 g/mol. The summed E-state index contributed by atoms with van der Waals surface area (Å²) in [5, 5.41) is 13.5. The normalized spacial score (nSPS) is 15.9. The molecule has 1 aliphatic rings. The van der Waals surface area contributed by atoms with Crippen LogP contribution in [0, 0.1) is 10.1 Å². The van der Waals surface area contributed by atoms with E-state index in [2.05, 4.69) is 10.2 Å². The number of hydrogen-bond acceptors (Lipinski definition) is 5. The molecule has 0 spiro atoms. The Labute approximate surface area is 122 Å². The standard InChI is InChI=1S/C13H20N4O4/c1-15-10-11(17(19)20)9-12(15)13(18)14-3-2-4-16-5-7-21-8-6-16/h9-10H,2-8H2,1H3,(H,14,18). The van der Waals surface area contributed by atoms with Gasteiger partial charge in [-0.2, -0.15) is 0 Å². The van der Waals surface area contributed by atoms with E-state index in [-0.39, 0.29) is 11.6 Å². The lowest BCUT2D eigenvalue weighted by molar-refractivity contribution is -0.384. The largest absolute Gasteiger partial charge is 0.379 e. The summed E-state index contributed by atoms with van der Waals surface area (Å²) in [6.07, 6.45) is 2.18. The van der Waals surface area contributed by atoms with Crippen molar-refractivity contribution in [3.8, 4) is 0 Å². The molecular formula is C13H20N4O4. The summed E-state index contributed by atoms with van der Waals surface area (Å²) < 4.78 is 6.74. The molecule has 1 aliphatic heterocycles. The van der Waals surface area contributed by atoms with Crippen molar-refractivity contribution in [1.82, 2.24) is 14.8 Å². The van der Waals surface area contributed by atoms with E-state index < -0.39 is 4.92 Å². The number of carbonyl (C=O) groups excluding carboxylic acids is 1. The Morgan fingerprint density at radius 1 is 1.48 bits per heavy atom. The molecule has 0 aromatic carbocycles. The van der Waals surface area contributed by atoms with E-state index in [9.17, 15) is 14.9 Å². The smallest absolute Gasteiger partial charge is 0.287 e. The van der Waals surface area contributed by atoms with Gasteiger partial charge in [0, 0.05) is 32.7 Å². The third-order valence-electron chi connectivity index (χ3n) is 3.47. The third kappa shape index (κ3) is 4.27. The van der Waals surface area contributed by atoms with Gasteiger partial charge in [-0.1, -0.05) is 0 Å². The first-order chi connectivity index (χ1) is 10.1. The molecule has 2 rings (SSSR count). The van der Waals surface area contributed by atoms with Gasteiger partial charge in [0.1, 0.15) is 5.69 Å². The first-order valence-electron chi connectivity index (χ1n) is 6.97. The van der Waals surface area contributed by atoms with Gasteiger partial charge in [-0.15, -0.1) is 0 Å². The van der Waals surface area contributed by atoms with Crippen LogP contribution in [0.4, 0.5) is 5.69 Å². The molecule has 1 saturated heterocycles. The summed E-state index contributed by atoms with van der Waals surface area (Å²) in [6.45, 7) is 4.85. The Balaban J connectivity index is 1.75. The molecule has 1 aromatic rings. The van der Waals surface area contributed by atoms with Crippen LogP contribution in [0.15, 0.2) is 12.3 Å². The summed E-state index contributed by atoms with van der Waals surface area (Å²) in [6, 6.07) is 1.29. The molecular weight excluding hydrogens is 276 g/mol. The van der Waals surface area contributed by atoms with E-state index in [1.165, 1.54) is 16.8 Å². The molecule has 0 saturated carbocycles. The van der Waals surface area contributed by atoms with Crippen LogP contribution in [-0.2, 0) is 11.8 Å². The quantitative estimate of drug-likeness (QED) is 0.466. The first kappa shape index (κ1) is 15.5. The van der Waals surface area contributed by atoms with Crippen LogP contribution < -0.4 is 5.32 Å². The number of rotatable bonds is 6. The predicted molar refractivity (Wildman–Crippen MR) is 76.3 cm³/mol. The van der Waals surface area contributed by atoms with E-state index in [0.717, 1.165) is 39.3 Å². The van der Waals surface area contributed by atoms with Gasteiger partial charge < -0.3 is 14.6 Å². The molecule has 0 atom stereocenters. The van der Waals surface area contributed by atoms with Crippen molar-refractivity contribution in [2.24, 2.45) is 7.05 Å². The van der Waals surface area contributed by atoms with Gasteiger partial charge in [0.05, 0.1) is 24.3 Å². The number of carbonyl (C=O) groups is 1. The molecule has 8 heteroatoms. The highest BCUT2D eigenvalue weighted by atomic mass is 16.6. The van der Waals surface area contributed by atoms with Crippen LogP contribution in [0.25, 0.3) is 0 Å². The fourth-order valence-electron chi connectivity index (χ4n) is 2.29. The minimum Gasteiger partial charge on any atom is -0.379 e. The van der Waals surface area contributed by atoms with Crippen molar-refractivity contribution >= 4 is 11.6 Å². The molecule has 0 aliphatic carbocycles. The summed E-state index contributed by atoms with van der Waals surface area (Å²) >= 11 is 0. The maximum atomic E-state index is 12.0. The van der Waals surface area contributed by atoms with Crippen LogP contribution in [0.5, 0.6) is 0 Å². The number of aromatic nitrogens is 1. The van der Waals surface area contributed by atoms with Gasteiger partial charge in [-0.3, -0.25) is 19.8 Å². The Bertz CT molecular complexity index is 508. The molecule has 1 fully saturated rings. The molecule has 1 amide bonds. The highest BCUT2D eigenvalue weighted by Gasteiger charge is 2.17. The summed E-state index contributed by atoms with van der Waals surface area (Å²) in [4.78, 5) is 24.4. The zero-order valence-corrected chi connectivity index (χ0v) is 12.1. The van der Waals surface area contributed by atoms with Crippen LogP contribution in [0.1, 0.15) is 16.9 Å². The van der Waals surface area contributed by atoms with Gasteiger partial charge in [0.2, 0.25) is 0 Å². The zero-order chi connectivity index (χ0) is 15.2. The van der Waals surface area contributed by atoms with Gasteiger partial charge in [0.15, 0.2) is 0 Å². The molecule has 0 radical (unpaired) electrons. The number of morpholine rings is 1. The molecule has 1 N–H and O–H groups in total. The minimum absolute atomic E-state index is 0.0732. The number of amides is 1. The number of nitro groups is 1. The van der Waals surface area contributed by atoms with Crippen LogP contribution in [0.3, 0.4) is 0 Å². The molecule has 1 aromatic heterocycles. The van der Waals surface area contributed by atoms with Crippen LogP contribution in [-0.4, -0.2) is 59.7 Å². The third-order valence-corrected chi connectivity index (χ3v) is 3.47. The highest BCUT2D eigenvalue weighted by molar-refractivity contribution is 5.93. The molecule has 2 heterocycles. The first-order valence-corrected chi connectivity index (χ1v) is 6.97. The predicted octanol–water partition coefficient (Wildman–Crippen LogP) is 0.385. The van der Waals surface area contributed by atoms with E-state index in [4.69, 9.17) is 4.74 Å². The van der Waals surface area contributed by atoms with Gasteiger partial charge in [-0.25, -0.2) is 0 Å². The van der Waals surface area contributed by atoms with Crippen LogP contribution >= 0.6 is 0 Å². The fourth-order valence-corrected chi connectivity index (χ4v) is 2.29. The second kappa shape index (κ2) is 7.19. The monoisotopic (exact) mass is 296 g/mol. The van der Waals surface area contributed by atoms with Crippen LogP contribution in [0.2, 0.25) is 0 Å². The van der Waals surface area contributed by atoms with E-state index >= 15 is 0 Å². The second-order valence-electron chi connectivity index (χ2n) is 5.02. The lowest BCUT2D eigenvalue weighted by Crippen LogP contribution is -2.38. The Hall–Kier alpha value is -1.93. The zero-order valence-electron chi connectivity index (χ0n) is 12.1. The molecule has 0 bridgehead atoms. The van der Waals surface area contributed by atoms with Crippen molar-refractivity contribution in [2.75, 3.05) is 39.4 Å². The maximum Gasteiger partial charge on any atom is 0.287 e. The molecule has 116 valence electrons. The van der Waals surface area contributed by atoms with Crippen molar-refractivity contribution in [3.63, 3.8) is 0 Å². The SMILES string of the molecule is Cn1cc([N+](=O)[O-])cc1C(=O)NCCCN1CCOCC1. The second-order valence-corrected chi connectivity index (χ2v) is 5.02. The molecule has 0 unspecified atom stereocenters. The molecule has 21 heavy (non-hydrogen) atoms. The van der Waals surface area contributed by atoms with E-state index in [0.29, 0.717) is 12.2 Å². The average Bonchev–Trinajstić information content (AvgIpc) is 2.87. The van der Waals surface area contributed by atoms with Gasteiger partial charge >= 0.3 is 0 Å². The van der Waals surface area contributed by atoms with E-state index in [1.54, 1.807) is 7.05 Å². The van der Waals surface area contributed by atoms with Crippen molar-refractivity contribution in [1.29, 1.82) is 0 Å². The van der Waals surface area contributed by atoms with Gasteiger partial charge in [0.25, 0.3) is 11.6 Å². The number of nitrogens with one attached hydrogen (secondary N) is 1. The summed E-state index contributed by atoms with van der Waals surface area (Å²) in [5.41, 5.74) is 0.226. The topological polar surface area (TPSA) is 89.6 Å². The Morgan fingerprint density at radius 3 is 2.81 bits per heavy atom. The number of hydrogen-bond donors (Lipinski definition) is 1.